The van der Waals surface area contributed by atoms with Gasteiger partial charge in [-0.2, -0.15) is 0 Å². The molecule has 0 aliphatic carbocycles. The molecule has 0 saturated carbocycles. The van der Waals surface area contributed by atoms with Crippen LogP contribution in [0.3, 0.4) is 0 Å². The first-order valence-corrected chi connectivity index (χ1v) is 5.01. The topological polar surface area (TPSA) is 69.2 Å². The predicted octanol–water partition coefficient (Wildman–Crippen LogP) is 2.62. The first kappa shape index (κ1) is 10.9. The van der Waals surface area contributed by atoms with E-state index < -0.39 is 4.92 Å². The van der Waals surface area contributed by atoms with E-state index in [1.807, 2.05) is 6.92 Å². The van der Waals surface area contributed by atoms with Crippen LogP contribution in [0.5, 0.6) is 0 Å². The van der Waals surface area contributed by atoms with E-state index in [-0.39, 0.29) is 11.0 Å². The van der Waals surface area contributed by atoms with E-state index in [9.17, 15) is 10.1 Å². The van der Waals surface area contributed by atoms with Gasteiger partial charge >= 0.3 is 5.00 Å². The minimum absolute atomic E-state index is 0.136. The van der Waals surface area contributed by atoms with Gasteiger partial charge in [-0.15, -0.1) is 6.58 Å². The summed E-state index contributed by atoms with van der Waals surface area (Å²) in [6.07, 6.45) is 0.661. The Morgan fingerprint density at radius 3 is 2.93 bits per heavy atom. The minimum Gasteiger partial charge on any atom is -0.324 e. The third kappa shape index (κ3) is 2.65. The van der Waals surface area contributed by atoms with Gasteiger partial charge in [-0.05, 0) is 18.9 Å². The SMILES string of the molecule is C=C(C)C[C@@H](N)c1csc([N+](=O)[O-])c1. The molecule has 0 aliphatic heterocycles. The second-order valence-corrected chi connectivity index (χ2v) is 4.13. The molecule has 76 valence electrons. The molecule has 0 spiro atoms. The van der Waals surface area contributed by atoms with Gasteiger partial charge in [0, 0.05) is 17.5 Å². The Kier molecular flexibility index (Phi) is 3.38. The van der Waals surface area contributed by atoms with Crippen LogP contribution in [0, 0.1) is 10.1 Å². The second kappa shape index (κ2) is 4.34. The van der Waals surface area contributed by atoms with E-state index in [0.29, 0.717) is 6.42 Å². The summed E-state index contributed by atoms with van der Waals surface area (Å²) in [5, 5.41) is 12.3. The van der Waals surface area contributed by atoms with Crippen LogP contribution in [-0.2, 0) is 0 Å². The van der Waals surface area contributed by atoms with Crippen molar-refractivity contribution in [2.75, 3.05) is 0 Å². The molecule has 0 bridgehead atoms. The van der Waals surface area contributed by atoms with Crippen molar-refractivity contribution < 1.29 is 4.92 Å². The fraction of sp³-hybridized carbons (Fsp3) is 0.333. The molecule has 2 N–H and O–H groups in total. The molecule has 0 amide bonds. The monoisotopic (exact) mass is 212 g/mol. The molecule has 14 heavy (non-hydrogen) atoms. The molecule has 4 nitrogen and oxygen atoms in total. The van der Waals surface area contributed by atoms with Gasteiger partial charge in [0.2, 0.25) is 0 Å². The average molecular weight is 212 g/mol. The van der Waals surface area contributed by atoms with Crippen LogP contribution < -0.4 is 5.73 Å². The molecular formula is C9H12N2O2S. The largest absolute Gasteiger partial charge is 0.324 e. The normalized spacial score (nSPS) is 12.4. The zero-order valence-corrected chi connectivity index (χ0v) is 8.71. The van der Waals surface area contributed by atoms with Crippen LogP contribution >= 0.6 is 11.3 Å². The zero-order valence-electron chi connectivity index (χ0n) is 7.90. The van der Waals surface area contributed by atoms with Crippen molar-refractivity contribution in [2.45, 2.75) is 19.4 Å². The number of hydrogen-bond donors (Lipinski definition) is 1. The van der Waals surface area contributed by atoms with Crippen molar-refractivity contribution in [3.63, 3.8) is 0 Å². The summed E-state index contributed by atoms with van der Waals surface area (Å²) in [6, 6.07) is 1.34. The fourth-order valence-corrected chi connectivity index (χ4v) is 1.91. The smallest absolute Gasteiger partial charge is 0.324 e. The number of hydrogen-bond acceptors (Lipinski definition) is 4. The predicted molar refractivity (Wildman–Crippen MR) is 57.3 cm³/mol. The van der Waals surface area contributed by atoms with Gasteiger partial charge < -0.3 is 5.73 Å². The van der Waals surface area contributed by atoms with Gasteiger partial charge in [0.15, 0.2) is 0 Å². The molecule has 0 aromatic carbocycles. The number of rotatable bonds is 4. The third-order valence-electron chi connectivity index (χ3n) is 1.78. The van der Waals surface area contributed by atoms with Crippen molar-refractivity contribution in [1.82, 2.24) is 0 Å². The van der Waals surface area contributed by atoms with Crippen molar-refractivity contribution >= 4 is 16.3 Å². The molecule has 1 aromatic rings. The summed E-state index contributed by atoms with van der Waals surface area (Å²) in [5.41, 5.74) is 7.62. The van der Waals surface area contributed by atoms with Crippen molar-refractivity contribution in [1.29, 1.82) is 0 Å². The Morgan fingerprint density at radius 1 is 1.86 bits per heavy atom. The fourth-order valence-electron chi connectivity index (χ4n) is 1.12. The second-order valence-electron chi connectivity index (χ2n) is 3.24. The third-order valence-corrected chi connectivity index (χ3v) is 2.68. The van der Waals surface area contributed by atoms with Gasteiger partial charge in [0.1, 0.15) is 0 Å². The molecule has 1 rings (SSSR count). The first-order valence-electron chi connectivity index (χ1n) is 4.13. The van der Waals surface area contributed by atoms with E-state index in [2.05, 4.69) is 6.58 Å². The Morgan fingerprint density at radius 2 is 2.50 bits per heavy atom. The lowest BCUT2D eigenvalue weighted by atomic mass is 10.0. The first-order chi connectivity index (χ1) is 6.50. The molecule has 1 aromatic heterocycles. The highest BCUT2D eigenvalue weighted by Gasteiger charge is 2.14. The summed E-state index contributed by atoms with van der Waals surface area (Å²) in [6.45, 7) is 5.64. The van der Waals surface area contributed by atoms with Crippen LogP contribution in [-0.4, -0.2) is 4.92 Å². The van der Waals surface area contributed by atoms with Crippen LogP contribution in [0.1, 0.15) is 24.9 Å². The standard InChI is InChI=1S/C9H12N2O2S/c1-6(2)3-8(10)7-4-9(11(12)13)14-5-7/h4-5,8H,1,3,10H2,2H3/t8-/m1/s1. The molecule has 0 fully saturated rings. The lowest BCUT2D eigenvalue weighted by Crippen LogP contribution is -2.09. The van der Waals surface area contributed by atoms with E-state index >= 15 is 0 Å². The molecule has 0 radical (unpaired) electrons. The van der Waals surface area contributed by atoms with Crippen LogP contribution in [0.15, 0.2) is 23.6 Å². The zero-order chi connectivity index (χ0) is 10.7. The summed E-state index contributed by atoms with van der Waals surface area (Å²) in [7, 11) is 0. The molecule has 0 saturated heterocycles. The Hall–Kier alpha value is -1.20. The van der Waals surface area contributed by atoms with Gasteiger partial charge in [-0.1, -0.05) is 16.9 Å². The van der Waals surface area contributed by atoms with Gasteiger partial charge in [-0.25, -0.2) is 0 Å². The van der Waals surface area contributed by atoms with Crippen molar-refractivity contribution in [3.8, 4) is 0 Å². The van der Waals surface area contributed by atoms with E-state index in [0.717, 1.165) is 22.5 Å². The summed E-state index contributed by atoms with van der Waals surface area (Å²) in [4.78, 5) is 10.0. The maximum atomic E-state index is 10.4. The van der Waals surface area contributed by atoms with Crippen LogP contribution in [0.4, 0.5) is 5.00 Å². The highest BCUT2D eigenvalue weighted by molar-refractivity contribution is 7.13. The number of nitrogens with zero attached hydrogens (tertiary/aromatic N) is 1. The lowest BCUT2D eigenvalue weighted by Gasteiger charge is -2.07. The quantitative estimate of drug-likeness (QED) is 0.474. The number of nitrogens with two attached hydrogens (primary N) is 1. The molecule has 1 atom stereocenters. The average Bonchev–Trinajstić information content (AvgIpc) is 2.50. The maximum absolute atomic E-state index is 10.4. The van der Waals surface area contributed by atoms with Crippen molar-refractivity contribution in [2.24, 2.45) is 5.73 Å². The van der Waals surface area contributed by atoms with Gasteiger partial charge in [0.25, 0.3) is 0 Å². The summed E-state index contributed by atoms with van der Waals surface area (Å²) in [5.74, 6) is 0. The highest BCUT2D eigenvalue weighted by atomic mass is 32.1. The summed E-state index contributed by atoms with van der Waals surface area (Å²) < 4.78 is 0. The molecular weight excluding hydrogens is 200 g/mol. The van der Waals surface area contributed by atoms with E-state index in [4.69, 9.17) is 5.73 Å². The Balaban J connectivity index is 2.76. The van der Waals surface area contributed by atoms with Crippen LogP contribution in [0.2, 0.25) is 0 Å². The van der Waals surface area contributed by atoms with Gasteiger partial charge in [-0.3, -0.25) is 10.1 Å². The molecule has 5 heteroatoms. The number of nitro groups is 1. The molecule has 0 aliphatic rings. The molecule has 1 heterocycles. The highest BCUT2D eigenvalue weighted by Crippen LogP contribution is 2.28. The van der Waals surface area contributed by atoms with Crippen molar-refractivity contribution in [3.05, 3.63) is 39.3 Å². The minimum atomic E-state index is -0.401. The molecule has 0 unspecified atom stereocenters. The maximum Gasteiger partial charge on any atom is 0.324 e. The van der Waals surface area contributed by atoms with Gasteiger partial charge in [0.05, 0.1) is 4.92 Å². The lowest BCUT2D eigenvalue weighted by molar-refractivity contribution is -0.380. The van der Waals surface area contributed by atoms with E-state index in [1.165, 1.54) is 6.07 Å². The summed E-state index contributed by atoms with van der Waals surface area (Å²) >= 11 is 1.10. The number of thiophene rings is 1. The Labute approximate surface area is 86.2 Å². The Bertz CT molecular complexity index is 359. The van der Waals surface area contributed by atoms with E-state index in [1.54, 1.807) is 5.38 Å². The van der Waals surface area contributed by atoms with Crippen LogP contribution in [0.25, 0.3) is 0 Å².